The lowest BCUT2D eigenvalue weighted by atomic mass is 10.1. The largest absolute Gasteiger partial charge is 0.423 e. The van der Waals surface area contributed by atoms with Gasteiger partial charge in [-0.25, -0.2) is 4.79 Å². The number of anilines is 2. The molecule has 2 aromatic rings. The molecule has 118 valence electrons. The van der Waals surface area contributed by atoms with Crippen LogP contribution in [0, 0.1) is 0 Å². The van der Waals surface area contributed by atoms with E-state index >= 15 is 0 Å². The monoisotopic (exact) mass is 350 g/mol. The van der Waals surface area contributed by atoms with Gasteiger partial charge < -0.3 is 15.4 Å². The van der Waals surface area contributed by atoms with E-state index in [1.807, 2.05) is 6.07 Å². The van der Waals surface area contributed by atoms with E-state index in [-0.39, 0.29) is 12.3 Å². The normalized spacial score (nSPS) is 16.1. The Morgan fingerprint density at radius 3 is 2.78 bits per heavy atom. The third-order valence-corrected chi connectivity index (χ3v) is 3.85. The standard InChI is InChI=1S/C16H12Cl2N2O3/c17-9-5-6-11(10(18)7-9)20-15(21)8-13-16(22)23-14-4-2-1-3-12(14)19-13/h1-7,13,19H,8H2,(H,20,21)/t13-/m0/s1. The van der Waals surface area contributed by atoms with Crippen LogP contribution in [0.2, 0.25) is 10.0 Å². The number of amides is 1. The summed E-state index contributed by atoms with van der Waals surface area (Å²) in [6, 6.07) is 11.0. The number of esters is 1. The van der Waals surface area contributed by atoms with Gasteiger partial charge in [0.25, 0.3) is 0 Å². The minimum atomic E-state index is -0.754. The quantitative estimate of drug-likeness (QED) is 0.653. The summed E-state index contributed by atoms with van der Waals surface area (Å²) in [7, 11) is 0. The molecule has 1 atom stereocenters. The molecule has 1 aliphatic heterocycles. The number of benzene rings is 2. The van der Waals surface area contributed by atoms with Gasteiger partial charge in [0.2, 0.25) is 5.91 Å². The Hall–Kier alpha value is -2.24. The number of hydrogen-bond acceptors (Lipinski definition) is 4. The molecule has 0 unspecified atom stereocenters. The Kier molecular flexibility index (Phi) is 4.41. The smallest absolute Gasteiger partial charge is 0.334 e. The van der Waals surface area contributed by atoms with Gasteiger partial charge in [0, 0.05) is 5.02 Å². The third-order valence-electron chi connectivity index (χ3n) is 3.31. The summed E-state index contributed by atoms with van der Waals surface area (Å²) in [6.45, 7) is 0. The van der Waals surface area contributed by atoms with Crippen molar-refractivity contribution in [3.8, 4) is 5.75 Å². The summed E-state index contributed by atoms with van der Waals surface area (Å²) in [5.74, 6) is -0.404. The van der Waals surface area contributed by atoms with E-state index in [1.54, 1.807) is 30.3 Å². The van der Waals surface area contributed by atoms with Gasteiger partial charge in [-0.05, 0) is 30.3 Å². The molecule has 1 amide bonds. The van der Waals surface area contributed by atoms with Gasteiger partial charge in [0.05, 0.1) is 22.8 Å². The second kappa shape index (κ2) is 6.48. The predicted molar refractivity (Wildman–Crippen MR) is 89.2 cm³/mol. The Balaban J connectivity index is 1.67. The minimum Gasteiger partial charge on any atom is -0.423 e. The molecule has 1 heterocycles. The highest BCUT2D eigenvalue weighted by molar-refractivity contribution is 6.36. The number of nitrogens with one attached hydrogen (secondary N) is 2. The first kappa shape index (κ1) is 15.6. The fourth-order valence-electron chi connectivity index (χ4n) is 2.21. The van der Waals surface area contributed by atoms with Crippen molar-refractivity contribution in [3.05, 3.63) is 52.5 Å². The van der Waals surface area contributed by atoms with Crippen LogP contribution < -0.4 is 15.4 Å². The number of halogens is 2. The topological polar surface area (TPSA) is 67.4 Å². The molecule has 23 heavy (non-hydrogen) atoms. The number of carbonyl (C=O) groups is 2. The molecule has 0 saturated carbocycles. The summed E-state index contributed by atoms with van der Waals surface area (Å²) in [4.78, 5) is 24.1. The molecule has 3 rings (SSSR count). The van der Waals surface area contributed by atoms with Crippen LogP contribution in [0.15, 0.2) is 42.5 Å². The zero-order chi connectivity index (χ0) is 16.4. The Morgan fingerprint density at radius 2 is 2.00 bits per heavy atom. The summed E-state index contributed by atoms with van der Waals surface area (Å²) >= 11 is 11.8. The minimum absolute atomic E-state index is 0.0773. The number of rotatable bonds is 3. The van der Waals surface area contributed by atoms with Crippen LogP contribution in [-0.2, 0) is 9.59 Å². The van der Waals surface area contributed by atoms with Crippen LogP contribution in [0.25, 0.3) is 0 Å². The number of hydrogen-bond donors (Lipinski definition) is 2. The highest BCUT2D eigenvalue weighted by Crippen LogP contribution is 2.30. The molecule has 0 radical (unpaired) electrons. The fraction of sp³-hybridized carbons (Fsp3) is 0.125. The third kappa shape index (κ3) is 3.57. The molecule has 2 N–H and O–H groups in total. The lowest BCUT2D eigenvalue weighted by Crippen LogP contribution is -2.39. The molecule has 0 fully saturated rings. The van der Waals surface area contributed by atoms with Crippen LogP contribution in [0.3, 0.4) is 0 Å². The molecule has 0 bridgehead atoms. The van der Waals surface area contributed by atoms with Crippen molar-refractivity contribution in [2.75, 3.05) is 10.6 Å². The van der Waals surface area contributed by atoms with Gasteiger partial charge in [-0.1, -0.05) is 35.3 Å². The SMILES string of the molecule is O=C(C[C@@H]1Nc2ccccc2OC1=O)Nc1ccc(Cl)cc1Cl. The van der Waals surface area contributed by atoms with Crippen molar-refractivity contribution in [3.63, 3.8) is 0 Å². The van der Waals surface area contributed by atoms with Crippen molar-refractivity contribution >= 4 is 46.5 Å². The van der Waals surface area contributed by atoms with Gasteiger partial charge >= 0.3 is 5.97 Å². The second-order valence-electron chi connectivity index (χ2n) is 4.99. The zero-order valence-corrected chi connectivity index (χ0v) is 13.3. The second-order valence-corrected chi connectivity index (χ2v) is 5.83. The molecular weight excluding hydrogens is 339 g/mol. The van der Waals surface area contributed by atoms with Gasteiger partial charge in [0.15, 0.2) is 5.75 Å². The van der Waals surface area contributed by atoms with E-state index in [2.05, 4.69) is 10.6 Å². The van der Waals surface area contributed by atoms with Crippen LogP contribution in [-0.4, -0.2) is 17.9 Å². The maximum atomic E-state index is 12.1. The summed E-state index contributed by atoms with van der Waals surface area (Å²) in [5, 5.41) is 6.45. The molecule has 2 aromatic carbocycles. The van der Waals surface area contributed by atoms with E-state index in [0.717, 1.165) is 0 Å². The van der Waals surface area contributed by atoms with Crippen LogP contribution >= 0.6 is 23.2 Å². The number of fused-ring (bicyclic) bond motifs is 1. The first-order valence-corrected chi connectivity index (χ1v) is 7.60. The average Bonchev–Trinajstić information content (AvgIpc) is 2.51. The van der Waals surface area contributed by atoms with Crippen LogP contribution in [0.1, 0.15) is 6.42 Å². The van der Waals surface area contributed by atoms with Crippen LogP contribution in [0.4, 0.5) is 11.4 Å². The first-order chi connectivity index (χ1) is 11.0. The fourth-order valence-corrected chi connectivity index (χ4v) is 2.67. The molecular formula is C16H12Cl2N2O3. The molecule has 5 nitrogen and oxygen atoms in total. The Morgan fingerprint density at radius 1 is 1.22 bits per heavy atom. The highest BCUT2D eigenvalue weighted by atomic mass is 35.5. The van der Waals surface area contributed by atoms with E-state index in [4.69, 9.17) is 27.9 Å². The summed E-state index contributed by atoms with van der Waals surface area (Å²) in [6.07, 6.45) is -0.0773. The first-order valence-electron chi connectivity index (χ1n) is 6.85. The molecule has 0 saturated heterocycles. The Labute approximate surface area is 142 Å². The van der Waals surface area contributed by atoms with Gasteiger partial charge in [-0.15, -0.1) is 0 Å². The number of ether oxygens (including phenoxy) is 1. The van der Waals surface area contributed by atoms with E-state index < -0.39 is 12.0 Å². The van der Waals surface area contributed by atoms with Gasteiger partial charge in [0.1, 0.15) is 6.04 Å². The van der Waals surface area contributed by atoms with E-state index in [1.165, 1.54) is 6.07 Å². The molecule has 1 aliphatic rings. The van der Waals surface area contributed by atoms with Gasteiger partial charge in [-0.2, -0.15) is 0 Å². The number of para-hydroxylation sites is 2. The van der Waals surface area contributed by atoms with E-state index in [9.17, 15) is 9.59 Å². The Bertz CT molecular complexity index is 780. The van der Waals surface area contributed by atoms with Crippen molar-refractivity contribution in [2.45, 2.75) is 12.5 Å². The van der Waals surface area contributed by atoms with Crippen molar-refractivity contribution in [1.82, 2.24) is 0 Å². The van der Waals surface area contributed by atoms with Gasteiger partial charge in [-0.3, -0.25) is 4.79 Å². The maximum Gasteiger partial charge on any atom is 0.334 e. The lowest BCUT2D eigenvalue weighted by molar-refractivity contribution is -0.137. The number of carbonyl (C=O) groups excluding carboxylic acids is 2. The maximum absolute atomic E-state index is 12.1. The van der Waals surface area contributed by atoms with Crippen molar-refractivity contribution in [2.24, 2.45) is 0 Å². The highest BCUT2D eigenvalue weighted by Gasteiger charge is 2.29. The van der Waals surface area contributed by atoms with Crippen molar-refractivity contribution in [1.29, 1.82) is 0 Å². The molecule has 7 heteroatoms. The molecule has 0 aliphatic carbocycles. The lowest BCUT2D eigenvalue weighted by Gasteiger charge is -2.25. The van der Waals surface area contributed by atoms with Crippen molar-refractivity contribution < 1.29 is 14.3 Å². The molecule has 0 aromatic heterocycles. The average molecular weight is 351 g/mol. The predicted octanol–water partition coefficient (Wildman–Crippen LogP) is 3.72. The summed E-state index contributed by atoms with van der Waals surface area (Å²) < 4.78 is 5.21. The van der Waals surface area contributed by atoms with Crippen LogP contribution in [0.5, 0.6) is 5.75 Å². The molecule has 0 spiro atoms. The van der Waals surface area contributed by atoms with E-state index in [0.29, 0.717) is 27.2 Å². The zero-order valence-electron chi connectivity index (χ0n) is 11.8. The summed E-state index contributed by atoms with van der Waals surface area (Å²) in [5.41, 5.74) is 1.11.